The fraction of sp³-hybridized carbons (Fsp3) is 0.150. The average Bonchev–Trinajstić information content (AvgIpc) is 3.20. The van der Waals surface area contributed by atoms with Gasteiger partial charge >= 0.3 is 11.9 Å². The summed E-state index contributed by atoms with van der Waals surface area (Å²) in [6.07, 6.45) is 0. The van der Waals surface area contributed by atoms with Gasteiger partial charge in [0.2, 0.25) is 0 Å². The third-order valence-electron chi connectivity index (χ3n) is 3.84. The Labute approximate surface area is 155 Å². The maximum Gasteiger partial charge on any atom is 0.339 e. The van der Waals surface area contributed by atoms with E-state index in [2.05, 4.69) is 9.89 Å². The first-order valence-corrected chi connectivity index (χ1v) is 8.07. The minimum atomic E-state index is -0.648. The Kier molecular flexibility index (Phi) is 5.51. The van der Waals surface area contributed by atoms with Crippen LogP contribution in [0.5, 0.6) is 5.75 Å². The number of carbonyl (C=O) groups excluding carboxylic acids is 2. The molecule has 3 rings (SSSR count). The van der Waals surface area contributed by atoms with Crippen molar-refractivity contribution < 1.29 is 28.3 Å². The van der Waals surface area contributed by atoms with Crippen molar-refractivity contribution in [2.45, 2.75) is 6.61 Å². The number of hydrogen-bond acceptors (Lipinski definition) is 7. The molecule has 7 heteroatoms. The zero-order valence-electron chi connectivity index (χ0n) is 14.8. The summed E-state index contributed by atoms with van der Waals surface area (Å²) in [4.78, 5) is 24.1. The Morgan fingerprint density at radius 1 is 0.963 bits per heavy atom. The summed E-state index contributed by atoms with van der Waals surface area (Å²) < 4.78 is 20.3. The van der Waals surface area contributed by atoms with Crippen LogP contribution in [0.2, 0.25) is 0 Å². The normalized spacial score (nSPS) is 10.3. The van der Waals surface area contributed by atoms with Crippen molar-refractivity contribution >= 4 is 11.9 Å². The number of methoxy groups -OCH3 is 2. The lowest BCUT2D eigenvalue weighted by atomic mass is 10.1. The van der Waals surface area contributed by atoms with Gasteiger partial charge in [-0.25, -0.2) is 9.59 Å². The van der Waals surface area contributed by atoms with E-state index in [0.717, 1.165) is 11.3 Å². The first-order valence-electron chi connectivity index (χ1n) is 8.07. The first kappa shape index (κ1) is 18.2. The van der Waals surface area contributed by atoms with E-state index in [9.17, 15) is 9.59 Å². The topological polar surface area (TPSA) is 87.9 Å². The van der Waals surface area contributed by atoms with Gasteiger partial charge in [0.15, 0.2) is 5.76 Å². The van der Waals surface area contributed by atoms with E-state index >= 15 is 0 Å². The first-order chi connectivity index (χ1) is 13.1. The second kappa shape index (κ2) is 8.18. The third kappa shape index (κ3) is 4.14. The third-order valence-corrected chi connectivity index (χ3v) is 3.84. The second-order valence-electron chi connectivity index (χ2n) is 5.52. The van der Waals surface area contributed by atoms with E-state index in [4.69, 9.17) is 14.0 Å². The molecule has 0 atom stereocenters. The molecule has 0 aliphatic heterocycles. The van der Waals surface area contributed by atoms with Gasteiger partial charge in [0.1, 0.15) is 18.1 Å². The van der Waals surface area contributed by atoms with Crippen LogP contribution in [0.25, 0.3) is 11.3 Å². The number of benzene rings is 2. The Balaban J connectivity index is 1.68. The molecule has 2 aromatic carbocycles. The molecule has 0 radical (unpaired) electrons. The summed E-state index contributed by atoms with van der Waals surface area (Å²) in [7, 11) is 2.84. The summed E-state index contributed by atoms with van der Waals surface area (Å²) in [6.45, 7) is -0.0893. The van der Waals surface area contributed by atoms with Crippen molar-refractivity contribution in [3.05, 3.63) is 71.4 Å². The molecule has 0 fully saturated rings. The Hall–Kier alpha value is -3.61. The largest absolute Gasteiger partial charge is 0.497 e. The number of carbonyl (C=O) groups is 2. The smallest absolute Gasteiger partial charge is 0.339 e. The second-order valence-corrected chi connectivity index (χ2v) is 5.52. The van der Waals surface area contributed by atoms with Crippen LogP contribution in [-0.2, 0) is 16.1 Å². The van der Waals surface area contributed by atoms with E-state index in [-0.39, 0.29) is 17.7 Å². The van der Waals surface area contributed by atoms with Crippen LogP contribution in [0, 0.1) is 0 Å². The molecule has 0 saturated carbocycles. The minimum absolute atomic E-state index is 0.0893. The van der Waals surface area contributed by atoms with Gasteiger partial charge in [0.05, 0.1) is 25.3 Å². The van der Waals surface area contributed by atoms with Crippen molar-refractivity contribution in [3.8, 4) is 17.1 Å². The summed E-state index contributed by atoms with van der Waals surface area (Å²) in [6, 6.07) is 15.2. The van der Waals surface area contributed by atoms with E-state index < -0.39 is 11.9 Å². The Bertz CT molecular complexity index is 945. The minimum Gasteiger partial charge on any atom is -0.497 e. The van der Waals surface area contributed by atoms with Crippen LogP contribution in [0.1, 0.15) is 26.4 Å². The van der Waals surface area contributed by atoms with Crippen molar-refractivity contribution in [3.63, 3.8) is 0 Å². The van der Waals surface area contributed by atoms with E-state index in [0.29, 0.717) is 11.5 Å². The van der Waals surface area contributed by atoms with Crippen molar-refractivity contribution in [1.82, 2.24) is 5.16 Å². The molecule has 0 N–H and O–H groups in total. The summed E-state index contributed by atoms with van der Waals surface area (Å²) in [5, 5.41) is 3.90. The van der Waals surface area contributed by atoms with E-state index in [1.54, 1.807) is 37.4 Å². The molecule has 0 bridgehead atoms. The number of aromatic nitrogens is 1. The van der Waals surface area contributed by atoms with Crippen LogP contribution < -0.4 is 4.74 Å². The SMILES string of the molecule is COC(=O)c1ccccc1C(=O)OCc1cc(-c2ccc(OC)cc2)on1. The van der Waals surface area contributed by atoms with Crippen molar-refractivity contribution in [2.75, 3.05) is 14.2 Å². The number of esters is 2. The molecule has 0 spiro atoms. The monoisotopic (exact) mass is 367 g/mol. The number of rotatable bonds is 6. The lowest BCUT2D eigenvalue weighted by Gasteiger charge is -2.07. The van der Waals surface area contributed by atoms with Crippen LogP contribution in [0.4, 0.5) is 0 Å². The molecular formula is C20H17NO6. The molecule has 0 saturated heterocycles. The standard InChI is InChI=1S/C20H17NO6/c1-24-15-9-7-13(8-10-15)18-11-14(21-27-18)12-26-20(23)17-6-4-3-5-16(17)19(22)25-2/h3-11H,12H2,1-2H3. The molecule has 0 amide bonds. The van der Waals surface area contributed by atoms with Crippen LogP contribution in [0.15, 0.2) is 59.1 Å². The lowest BCUT2D eigenvalue weighted by molar-refractivity contribution is 0.0450. The number of hydrogen-bond donors (Lipinski definition) is 0. The predicted molar refractivity (Wildman–Crippen MR) is 95.4 cm³/mol. The van der Waals surface area contributed by atoms with Crippen LogP contribution >= 0.6 is 0 Å². The van der Waals surface area contributed by atoms with Gasteiger partial charge in [-0.3, -0.25) is 0 Å². The van der Waals surface area contributed by atoms with Gasteiger partial charge in [-0.2, -0.15) is 0 Å². The fourth-order valence-corrected chi connectivity index (χ4v) is 2.44. The molecule has 1 heterocycles. The van der Waals surface area contributed by atoms with E-state index in [1.165, 1.54) is 19.2 Å². The van der Waals surface area contributed by atoms with Gasteiger partial charge in [0, 0.05) is 11.6 Å². The summed E-state index contributed by atoms with van der Waals surface area (Å²) >= 11 is 0. The zero-order chi connectivity index (χ0) is 19.2. The predicted octanol–water partition coefficient (Wildman–Crippen LogP) is 3.49. The number of ether oxygens (including phenoxy) is 3. The van der Waals surface area contributed by atoms with Crippen LogP contribution in [0.3, 0.4) is 0 Å². The lowest BCUT2D eigenvalue weighted by Crippen LogP contribution is -2.12. The molecule has 27 heavy (non-hydrogen) atoms. The van der Waals surface area contributed by atoms with Gasteiger partial charge in [0.25, 0.3) is 0 Å². The van der Waals surface area contributed by atoms with Gasteiger partial charge in [-0.1, -0.05) is 17.3 Å². The highest BCUT2D eigenvalue weighted by Gasteiger charge is 2.19. The molecule has 138 valence electrons. The Morgan fingerprint density at radius 3 is 2.26 bits per heavy atom. The highest BCUT2D eigenvalue weighted by Crippen LogP contribution is 2.23. The molecule has 0 unspecified atom stereocenters. The summed E-state index contributed by atoms with van der Waals surface area (Å²) in [5.41, 5.74) is 1.54. The van der Waals surface area contributed by atoms with Gasteiger partial charge in [-0.05, 0) is 36.4 Å². The van der Waals surface area contributed by atoms with Gasteiger partial charge < -0.3 is 18.7 Å². The van der Waals surface area contributed by atoms with Crippen LogP contribution in [-0.4, -0.2) is 31.3 Å². The highest BCUT2D eigenvalue weighted by molar-refractivity contribution is 6.03. The highest BCUT2D eigenvalue weighted by atomic mass is 16.5. The average molecular weight is 367 g/mol. The fourth-order valence-electron chi connectivity index (χ4n) is 2.44. The molecule has 1 aromatic heterocycles. The van der Waals surface area contributed by atoms with Crippen molar-refractivity contribution in [1.29, 1.82) is 0 Å². The number of nitrogens with zero attached hydrogens (tertiary/aromatic N) is 1. The molecule has 3 aromatic rings. The molecule has 0 aliphatic carbocycles. The van der Waals surface area contributed by atoms with Crippen molar-refractivity contribution in [2.24, 2.45) is 0 Å². The summed E-state index contributed by atoms with van der Waals surface area (Å²) in [5.74, 6) is 0.0196. The molecule has 0 aliphatic rings. The molecular weight excluding hydrogens is 350 g/mol. The maximum atomic E-state index is 12.3. The van der Waals surface area contributed by atoms with Gasteiger partial charge in [-0.15, -0.1) is 0 Å². The Morgan fingerprint density at radius 2 is 1.63 bits per heavy atom. The molecule has 7 nitrogen and oxygen atoms in total. The van der Waals surface area contributed by atoms with E-state index in [1.807, 2.05) is 12.1 Å². The maximum absolute atomic E-state index is 12.3. The quantitative estimate of drug-likeness (QED) is 0.616. The zero-order valence-corrected chi connectivity index (χ0v) is 14.8.